The molecular weight excluding hydrogens is 692 g/mol. The predicted octanol–water partition coefficient (Wildman–Crippen LogP) is 4.26. The molecule has 4 atom stereocenters. The Morgan fingerprint density at radius 2 is 1.04 bits per heavy atom. The van der Waals surface area contributed by atoms with Gasteiger partial charge in [0, 0.05) is 39.3 Å². The molecule has 2 saturated heterocycles. The zero-order chi connectivity index (χ0) is 38.3. The first-order chi connectivity index (χ1) is 25.9. The first-order valence-corrected chi connectivity index (χ1v) is 19.0. The van der Waals surface area contributed by atoms with E-state index in [9.17, 15) is 19.2 Å². The van der Waals surface area contributed by atoms with E-state index in [4.69, 9.17) is 19.4 Å². The summed E-state index contributed by atoms with van der Waals surface area (Å²) in [6.45, 7) is 11.8. The third kappa shape index (κ3) is 7.17. The highest BCUT2D eigenvalue weighted by Crippen LogP contribution is 2.38. The highest BCUT2D eigenvalue weighted by molar-refractivity contribution is 5.87. The van der Waals surface area contributed by atoms with E-state index in [2.05, 4.69) is 42.5 Å². The van der Waals surface area contributed by atoms with Gasteiger partial charge in [0.25, 0.3) is 0 Å². The number of benzene rings is 1. The second kappa shape index (κ2) is 15.2. The number of likely N-dealkylation sites (tertiary alicyclic amines) is 2. The Balaban J connectivity index is 0.986. The minimum absolute atomic E-state index is 0.0965. The van der Waals surface area contributed by atoms with Gasteiger partial charge in [0.2, 0.25) is 11.8 Å². The monoisotopic (exact) mass is 744 g/mol. The highest BCUT2D eigenvalue weighted by atomic mass is 16.5. The van der Waals surface area contributed by atoms with E-state index in [-0.39, 0.29) is 35.7 Å². The molecule has 16 nitrogen and oxygen atoms in total. The van der Waals surface area contributed by atoms with Crippen LogP contribution in [-0.4, -0.2) is 93.1 Å². The number of anilines is 2. The molecule has 54 heavy (non-hydrogen) atoms. The molecule has 6 heterocycles. The van der Waals surface area contributed by atoms with Crippen LogP contribution >= 0.6 is 0 Å². The van der Waals surface area contributed by atoms with Gasteiger partial charge < -0.3 is 49.7 Å². The molecule has 2 aromatic heterocycles. The molecule has 2 fully saturated rings. The zero-order valence-corrected chi connectivity index (χ0v) is 32.0. The van der Waals surface area contributed by atoms with E-state index in [0.29, 0.717) is 13.1 Å². The predicted molar refractivity (Wildman–Crippen MR) is 199 cm³/mol. The van der Waals surface area contributed by atoms with E-state index in [1.165, 1.54) is 36.5 Å². The van der Waals surface area contributed by atoms with Crippen molar-refractivity contribution in [3.8, 4) is 0 Å². The molecule has 0 bridgehead atoms. The second-order valence-electron chi connectivity index (χ2n) is 15.5. The molecule has 7 rings (SSSR count). The summed E-state index contributed by atoms with van der Waals surface area (Å²) in [4.78, 5) is 75.9. The molecule has 0 saturated carbocycles. The fourth-order valence-electron chi connectivity index (χ4n) is 8.35. The van der Waals surface area contributed by atoms with Crippen molar-refractivity contribution >= 4 is 35.6 Å². The van der Waals surface area contributed by atoms with Gasteiger partial charge in [0.15, 0.2) is 0 Å². The van der Waals surface area contributed by atoms with Crippen LogP contribution in [0.1, 0.15) is 99.4 Å². The van der Waals surface area contributed by atoms with Crippen LogP contribution in [0, 0.1) is 11.8 Å². The molecule has 16 heteroatoms. The standard InChI is InChI=1S/C38H52N10O6/c1-21(2)31(43-37(51)53-5)35(49)47-11-7-9-27(47)33-39-15-29(41-33)45-17-23-13-25-19-46(20-26(25)14-24(23)18-45)30-16-40-34(42-30)28-10-8-12-48(28)36(50)32(22(3)4)44-38(52)54-6/h13-16,21-22,27-28,31-32H,7-12,17-20H2,1-6H3,(H,39,41)(H,40,42)(H,43,51)(H,44,52). The Hall–Kier alpha value is -5.28. The van der Waals surface area contributed by atoms with Crippen molar-refractivity contribution in [1.82, 2.24) is 40.4 Å². The summed E-state index contributed by atoms with van der Waals surface area (Å²) in [5, 5.41) is 5.42. The van der Waals surface area contributed by atoms with Crippen molar-refractivity contribution in [3.05, 3.63) is 58.4 Å². The van der Waals surface area contributed by atoms with Crippen molar-refractivity contribution in [2.45, 2.75) is 104 Å². The van der Waals surface area contributed by atoms with Crippen LogP contribution in [0.4, 0.5) is 21.2 Å². The molecule has 1 aromatic carbocycles. The number of hydrogen-bond donors (Lipinski definition) is 4. The number of aromatic nitrogens is 4. The Kier molecular flexibility index (Phi) is 10.4. The van der Waals surface area contributed by atoms with Gasteiger partial charge in [-0.25, -0.2) is 19.6 Å². The van der Waals surface area contributed by atoms with Gasteiger partial charge in [-0.2, -0.15) is 0 Å². The summed E-state index contributed by atoms with van der Waals surface area (Å²) >= 11 is 0. The number of alkyl carbamates (subject to hydrolysis) is 2. The number of nitrogens with zero attached hydrogens (tertiary/aromatic N) is 6. The summed E-state index contributed by atoms with van der Waals surface area (Å²) in [6.07, 6.45) is 5.81. The number of ether oxygens (including phenoxy) is 2. The van der Waals surface area contributed by atoms with Crippen LogP contribution in [0.25, 0.3) is 0 Å². The molecule has 0 radical (unpaired) electrons. The topological polar surface area (TPSA) is 181 Å². The van der Waals surface area contributed by atoms with Gasteiger partial charge >= 0.3 is 12.2 Å². The van der Waals surface area contributed by atoms with Crippen LogP contribution in [0.2, 0.25) is 0 Å². The number of carbonyl (C=O) groups is 4. The Bertz CT molecular complexity index is 1720. The number of amides is 4. The van der Waals surface area contributed by atoms with Gasteiger partial charge in [-0.15, -0.1) is 0 Å². The SMILES string of the molecule is COC(=O)NC(C(=O)N1CCCC1c1ncc(N2Cc3cc4c(cc3C2)CN(c2cnc(C3CCCN3C(=O)C(NC(=O)OC)C(C)C)[nH]2)C4)[nH]1)C(C)C. The molecule has 3 aromatic rings. The van der Waals surface area contributed by atoms with Gasteiger partial charge in [-0.3, -0.25) is 9.59 Å². The molecule has 290 valence electrons. The Morgan fingerprint density at radius 3 is 1.37 bits per heavy atom. The minimum Gasteiger partial charge on any atom is -0.453 e. The maximum Gasteiger partial charge on any atom is 0.407 e. The number of methoxy groups -OCH3 is 2. The third-order valence-electron chi connectivity index (χ3n) is 11.3. The van der Waals surface area contributed by atoms with E-state index < -0.39 is 24.3 Å². The number of rotatable bonds is 10. The van der Waals surface area contributed by atoms with Crippen LogP contribution in [0.15, 0.2) is 24.5 Å². The molecule has 4 amide bonds. The van der Waals surface area contributed by atoms with Crippen molar-refractivity contribution in [1.29, 1.82) is 0 Å². The molecule has 4 unspecified atom stereocenters. The Labute approximate surface area is 315 Å². The van der Waals surface area contributed by atoms with Crippen LogP contribution < -0.4 is 20.4 Å². The first-order valence-electron chi connectivity index (χ1n) is 19.0. The van der Waals surface area contributed by atoms with Gasteiger partial charge in [0.1, 0.15) is 35.4 Å². The Morgan fingerprint density at radius 1 is 0.667 bits per heavy atom. The molecule has 4 aliphatic rings. The van der Waals surface area contributed by atoms with Crippen molar-refractivity contribution in [2.75, 3.05) is 37.1 Å². The lowest BCUT2D eigenvalue weighted by atomic mass is 10.0. The number of nitrogens with one attached hydrogen (secondary N) is 4. The third-order valence-corrected chi connectivity index (χ3v) is 11.3. The van der Waals surface area contributed by atoms with Gasteiger partial charge in [-0.05, 0) is 59.8 Å². The molecule has 4 aliphatic heterocycles. The summed E-state index contributed by atoms with van der Waals surface area (Å²) in [5.41, 5.74) is 5.13. The minimum atomic E-state index is -0.678. The molecule has 0 aliphatic carbocycles. The normalized spacial score (nSPS) is 20.4. The number of aromatic amines is 2. The lowest BCUT2D eigenvalue weighted by Gasteiger charge is -2.30. The van der Waals surface area contributed by atoms with Crippen LogP contribution in [0.5, 0.6) is 0 Å². The second-order valence-corrected chi connectivity index (χ2v) is 15.5. The molecule has 0 spiro atoms. The maximum absolute atomic E-state index is 13.6. The van der Waals surface area contributed by atoms with Crippen LogP contribution in [-0.2, 0) is 45.2 Å². The van der Waals surface area contributed by atoms with E-state index in [1.807, 2.05) is 49.9 Å². The number of hydrogen-bond acceptors (Lipinski definition) is 10. The summed E-state index contributed by atoms with van der Waals surface area (Å²) in [6, 6.07) is 2.90. The number of fused-ring (bicyclic) bond motifs is 2. The van der Waals surface area contributed by atoms with Gasteiger partial charge in [0.05, 0.1) is 38.7 Å². The fourth-order valence-corrected chi connectivity index (χ4v) is 8.35. The van der Waals surface area contributed by atoms with E-state index >= 15 is 0 Å². The molecule has 4 N–H and O–H groups in total. The number of imidazole rings is 2. The van der Waals surface area contributed by atoms with Crippen LogP contribution in [0.3, 0.4) is 0 Å². The van der Waals surface area contributed by atoms with Crippen molar-refractivity contribution in [2.24, 2.45) is 11.8 Å². The van der Waals surface area contributed by atoms with Crippen molar-refractivity contribution in [3.63, 3.8) is 0 Å². The maximum atomic E-state index is 13.6. The number of carbonyl (C=O) groups excluding carboxylic acids is 4. The zero-order valence-electron chi connectivity index (χ0n) is 32.0. The smallest absolute Gasteiger partial charge is 0.407 e. The van der Waals surface area contributed by atoms with Gasteiger partial charge in [-0.1, -0.05) is 39.8 Å². The van der Waals surface area contributed by atoms with Crippen molar-refractivity contribution < 1.29 is 28.7 Å². The highest BCUT2D eigenvalue weighted by Gasteiger charge is 2.39. The lowest BCUT2D eigenvalue weighted by molar-refractivity contribution is -0.136. The summed E-state index contributed by atoms with van der Waals surface area (Å²) in [7, 11) is 2.59. The van der Waals surface area contributed by atoms with E-state index in [0.717, 1.165) is 75.1 Å². The summed E-state index contributed by atoms with van der Waals surface area (Å²) < 4.78 is 9.54. The average molecular weight is 745 g/mol. The molecular formula is C38H52N10O6. The summed E-state index contributed by atoms with van der Waals surface area (Å²) in [5.74, 6) is 2.90. The van der Waals surface area contributed by atoms with E-state index in [1.54, 1.807) is 0 Å². The largest absolute Gasteiger partial charge is 0.453 e. The number of H-pyrrole nitrogens is 2. The first kappa shape index (κ1) is 37.1. The fraction of sp³-hybridized carbons (Fsp3) is 0.579. The average Bonchev–Trinajstić information content (AvgIpc) is 4.00. The lowest BCUT2D eigenvalue weighted by Crippen LogP contribution is -2.51. The quantitative estimate of drug-likeness (QED) is 0.234.